The molecule has 1 atom stereocenters. The van der Waals surface area contributed by atoms with Crippen LogP contribution >= 0.6 is 0 Å². The molecule has 0 bridgehead atoms. The lowest BCUT2D eigenvalue weighted by Crippen LogP contribution is -2.43. The largest absolute Gasteiger partial charge is 0.762 e. The Morgan fingerprint density at radius 2 is 2.09 bits per heavy atom. The van der Waals surface area contributed by atoms with Gasteiger partial charge in [-0.15, -0.1) is 0 Å². The van der Waals surface area contributed by atoms with Crippen LogP contribution in [0.4, 0.5) is 0 Å². The summed E-state index contributed by atoms with van der Waals surface area (Å²) >= 11 is 0. The van der Waals surface area contributed by atoms with Crippen LogP contribution in [0.15, 0.2) is 0 Å². The van der Waals surface area contributed by atoms with E-state index >= 15 is 0 Å². The molecule has 4 nitrogen and oxygen atoms in total. The van der Waals surface area contributed by atoms with Crippen LogP contribution in [0.25, 0.3) is 0 Å². The summed E-state index contributed by atoms with van der Waals surface area (Å²) in [6.07, 6.45) is 1.39. The minimum atomic E-state index is -0.823. The third kappa shape index (κ3) is 5.15. The normalized spacial score (nSPS) is 16.9. The molecule has 0 aliphatic heterocycles. The molecule has 0 saturated heterocycles. The summed E-state index contributed by atoms with van der Waals surface area (Å²) in [5.41, 5.74) is 4.76. The maximum absolute atomic E-state index is 10.8. The van der Waals surface area contributed by atoms with Crippen LogP contribution in [0.5, 0.6) is 0 Å². The highest BCUT2D eigenvalue weighted by Gasteiger charge is 2.16. The van der Waals surface area contributed by atoms with E-state index in [-0.39, 0.29) is 0 Å². The van der Waals surface area contributed by atoms with Crippen molar-refractivity contribution in [3.8, 4) is 0 Å². The molecule has 0 fully saturated rings. The zero-order valence-corrected chi connectivity index (χ0v) is 7.46. The van der Waals surface area contributed by atoms with E-state index in [1.807, 2.05) is 13.8 Å². The number of nitrogens with two attached hydrogens (primary N) is 1. The van der Waals surface area contributed by atoms with Crippen molar-refractivity contribution < 1.29 is 4.84 Å². The predicted molar refractivity (Wildman–Crippen MR) is 44.3 cm³/mol. The zero-order chi connectivity index (χ0) is 8.91. The van der Waals surface area contributed by atoms with Crippen LogP contribution < -0.4 is 5.73 Å². The third-order valence-corrected chi connectivity index (χ3v) is 1.42. The van der Waals surface area contributed by atoms with Gasteiger partial charge in [-0.05, 0) is 19.8 Å². The van der Waals surface area contributed by atoms with Gasteiger partial charge in [0, 0.05) is 6.54 Å². The van der Waals surface area contributed by atoms with Crippen molar-refractivity contribution in [1.82, 2.24) is 5.23 Å². The van der Waals surface area contributed by atoms with E-state index in [9.17, 15) is 5.21 Å². The monoisotopic (exact) mass is 161 g/mol. The lowest BCUT2D eigenvalue weighted by atomic mass is 10.2. The molecular weight excluding hydrogens is 144 g/mol. The summed E-state index contributed by atoms with van der Waals surface area (Å²) in [5.74, 6) is 0. The molecular formula is C7H17N2O2-. The Labute approximate surface area is 67.8 Å². The fourth-order valence-electron chi connectivity index (χ4n) is 0.525. The van der Waals surface area contributed by atoms with Crippen molar-refractivity contribution in [3.05, 3.63) is 5.21 Å². The molecule has 0 amide bonds. The Morgan fingerprint density at radius 3 is 2.45 bits per heavy atom. The van der Waals surface area contributed by atoms with E-state index in [0.717, 1.165) is 6.42 Å². The van der Waals surface area contributed by atoms with Crippen LogP contribution in [0.3, 0.4) is 0 Å². The van der Waals surface area contributed by atoms with Crippen molar-refractivity contribution in [2.75, 3.05) is 6.54 Å². The van der Waals surface area contributed by atoms with Gasteiger partial charge in [0.25, 0.3) is 0 Å². The number of nitrogens with zero attached hydrogens (tertiary/aromatic N) is 1. The SMILES string of the molecule is CCCN([O-])OC(C)(N)CC. The van der Waals surface area contributed by atoms with E-state index in [0.29, 0.717) is 18.2 Å². The van der Waals surface area contributed by atoms with Crippen molar-refractivity contribution >= 4 is 0 Å². The van der Waals surface area contributed by atoms with Crippen molar-refractivity contribution in [2.24, 2.45) is 5.73 Å². The van der Waals surface area contributed by atoms with Crippen LogP contribution in [0.1, 0.15) is 33.6 Å². The van der Waals surface area contributed by atoms with Crippen LogP contribution in [0.2, 0.25) is 0 Å². The second-order valence-corrected chi connectivity index (χ2v) is 2.81. The van der Waals surface area contributed by atoms with E-state index in [4.69, 9.17) is 10.6 Å². The second kappa shape index (κ2) is 4.66. The summed E-state index contributed by atoms with van der Waals surface area (Å²) < 4.78 is 0. The first kappa shape index (κ1) is 10.8. The molecule has 0 rings (SSSR count). The van der Waals surface area contributed by atoms with E-state index in [2.05, 4.69) is 0 Å². The summed E-state index contributed by atoms with van der Waals surface area (Å²) in [6, 6.07) is 0. The molecule has 0 aromatic heterocycles. The predicted octanol–water partition coefficient (Wildman–Crippen LogP) is 1.21. The Kier molecular flexibility index (Phi) is 4.60. The van der Waals surface area contributed by atoms with Crippen molar-refractivity contribution in [3.63, 3.8) is 0 Å². The van der Waals surface area contributed by atoms with Crippen LogP contribution in [-0.2, 0) is 4.84 Å². The van der Waals surface area contributed by atoms with Gasteiger partial charge in [0.15, 0.2) is 0 Å². The lowest BCUT2D eigenvalue weighted by Gasteiger charge is -2.35. The minimum Gasteiger partial charge on any atom is -0.762 e. The maximum Gasteiger partial charge on any atom is 0.133 e. The Balaban J connectivity index is 3.64. The van der Waals surface area contributed by atoms with Gasteiger partial charge >= 0.3 is 0 Å². The van der Waals surface area contributed by atoms with Crippen molar-refractivity contribution in [2.45, 2.75) is 39.3 Å². The zero-order valence-electron chi connectivity index (χ0n) is 7.46. The van der Waals surface area contributed by atoms with Crippen LogP contribution in [0, 0.1) is 5.21 Å². The summed E-state index contributed by atoms with van der Waals surface area (Å²) in [4.78, 5) is 4.88. The molecule has 2 N–H and O–H groups in total. The van der Waals surface area contributed by atoms with E-state index in [1.165, 1.54) is 0 Å². The first-order chi connectivity index (χ1) is 5.02. The number of hydroxylamine groups is 2. The molecule has 0 aliphatic rings. The molecule has 4 heteroatoms. The molecule has 0 saturated carbocycles. The molecule has 0 aliphatic carbocycles. The van der Waals surface area contributed by atoms with Gasteiger partial charge in [-0.1, -0.05) is 13.8 Å². The Morgan fingerprint density at radius 1 is 1.55 bits per heavy atom. The second-order valence-electron chi connectivity index (χ2n) is 2.81. The van der Waals surface area contributed by atoms with Gasteiger partial charge in [0.05, 0.1) is 0 Å². The van der Waals surface area contributed by atoms with Crippen LogP contribution in [-0.4, -0.2) is 17.5 Å². The lowest BCUT2D eigenvalue weighted by molar-refractivity contribution is -0.212. The van der Waals surface area contributed by atoms with Gasteiger partial charge in [-0.2, -0.15) is 0 Å². The highest BCUT2D eigenvalue weighted by molar-refractivity contribution is 4.62. The molecule has 0 radical (unpaired) electrons. The topological polar surface area (TPSA) is 61.5 Å². The maximum atomic E-state index is 10.8. The summed E-state index contributed by atoms with van der Waals surface area (Å²) in [7, 11) is 0. The highest BCUT2D eigenvalue weighted by Crippen LogP contribution is 2.08. The summed E-state index contributed by atoms with van der Waals surface area (Å²) in [5, 5.41) is 11.4. The molecule has 11 heavy (non-hydrogen) atoms. The van der Waals surface area contributed by atoms with E-state index in [1.54, 1.807) is 6.92 Å². The molecule has 0 heterocycles. The molecule has 1 unspecified atom stereocenters. The van der Waals surface area contributed by atoms with Gasteiger partial charge in [-0.25, -0.2) is 0 Å². The molecule has 0 spiro atoms. The Hall–Kier alpha value is -0.160. The van der Waals surface area contributed by atoms with Crippen molar-refractivity contribution in [1.29, 1.82) is 0 Å². The Bertz CT molecular complexity index is 107. The first-order valence-corrected chi connectivity index (χ1v) is 3.94. The number of rotatable bonds is 5. The molecule has 0 aromatic rings. The fourth-order valence-corrected chi connectivity index (χ4v) is 0.525. The quantitative estimate of drug-likeness (QED) is 0.486. The highest BCUT2D eigenvalue weighted by atomic mass is 16.9. The average Bonchev–Trinajstić information content (AvgIpc) is 1.87. The molecule has 0 aromatic carbocycles. The van der Waals surface area contributed by atoms with Gasteiger partial charge in [0.1, 0.15) is 5.72 Å². The average molecular weight is 161 g/mol. The van der Waals surface area contributed by atoms with Gasteiger partial charge in [-0.3, -0.25) is 10.1 Å². The third-order valence-electron chi connectivity index (χ3n) is 1.42. The first-order valence-electron chi connectivity index (χ1n) is 3.94. The number of hydrogen-bond donors (Lipinski definition) is 1. The van der Waals surface area contributed by atoms with Gasteiger partial charge < -0.3 is 10.9 Å². The minimum absolute atomic E-state index is 0.368. The number of hydrogen-bond acceptors (Lipinski definition) is 4. The molecule has 68 valence electrons. The fraction of sp³-hybridized carbons (Fsp3) is 1.00. The standard InChI is InChI=1S/C7H17N2O2/c1-4-6-9(10)11-7(3,8)5-2/h4-6,8H2,1-3H3/q-1. The summed E-state index contributed by atoms with van der Waals surface area (Å²) in [6.45, 7) is 5.84. The van der Waals surface area contributed by atoms with Gasteiger partial charge in [0.2, 0.25) is 0 Å². The smallest absolute Gasteiger partial charge is 0.133 e. The van der Waals surface area contributed by atoms with E-state index < -0.39 is 5.72 Å².